The highest BCUT2D eigenvalue weighted by atomic mass is 16.2. The van der Waals surface area contributed by atoms with Gasteiger partial charge in [0, 0.05) is 51.2 Å². The van der Waals surface area contributed by atoms with E-state index in [1.54, 1.807) is 49.3 Å². The van der Waals surface area contributed by atoms with Gasteiger partial charge in [-0.05, 0) is 65.8 Å². The fraction of sp³-hybridized carbons (Fsp3) is 0.259. The maximum absolute atomic E-state index is 12.8. The van der Waals surface area contributed by atoms with Gasteiger partial charge in [0.2, 0.25) is 0 Å². The van der Waals surface area contributed by atoms with E-state index in [1.807, 2.05) is 50.2 Å². The van der Waals surface area contributed by atoms with Crippen molar-refractivity contribution in [1.82, 2.24) is 25.0 Å². The van der Waals surface area contributed by atoms with Crippen LogP contribution in [0.2, 0.25) is 0 Å². The Labute approximate surface area is 210 Å². The lowest BCUT2D eigenvalue weighted by atomic mass is 9.96. The van der Waals surface area contributed by atoms with Crippen LogP contribution in [0.4, 0.5) is 16.3 Å². The molecule has 2 heterocycles. The number of carbonyl (C=O) groups is 2. The molecule has 9 heteroatoms. The summed E-state index contributed by atoms with van der Waals surface area (Å²) in [6.45, 7) is 4.96. The number of hydrogen-bond donors (Lipinski definition) is 2. The number of aryl methyl sites for hydroxylation is 2. The third kappa shape index (κ3) is 5.00. The normalized spacial score (nSPS) is 10.9. The van der Waals surface area contributed by atoms with Crippen molar-refractivity contribution in [3.8, 4) is 0 Å². The minimum absolute atomic E-state index is 0.0966. The molecule has 0 atom stereocenters. The zero-order chi connectivity index (χ0) is 26.0. The molecule has 3 amide bonds. The molecule has 0 bridgehead atoms. The van der Waals surface area contributed by atoms with Gasteiger partial charge < -0.3 is 16.0 Å². The van der Waals surface area contributed by atoms with Gasteiger partial charge >= 0.3 is 6.03 Å². The molecule has 0 saturated carbocycles. The quantitative estimate of drug-likeness (QED) is 0.433. The van der Waals surface area contributed by atoms with Gasteiger partial charge in [-0.2, -0.15) is 5.10 Å². The second kappa shape index (κ2) is 10.1. The number of nitrogen functional groups attached to an aromatic ring is 1. The Morgan fingerprint density at radius 1 is 1.06 bits per heavy atom. The van der Waals surface area contributed by atoms with E-state index in [0.29, 0.717) is 24.5 Å². The number of urea groups is 1. The largest absolute Gasteiger partial charge is 0.383 e. The van der Waals surface area contributed by atoms with E-state index in [4.69, 9.17) is 5.73 Å². The first-order chi connectivity index (χ1) is 17.2. The van der Waals surface area contributed by atoms with E-state index >= 15 is 0 Å². The number of carbonyl (C=O) groups excluding carboxylic acids is 2. The fourth-order valence-corrected chi connectivity index (χ4v) is 4.26. The van der Waals surface area contributed by atoms with Crippen molar-refractivity contribution in [1.29, 1.82) is 0 Å². The smallest absolute Gasteiger partial charge is 0.323 e. The van der Waals surface area contributed by atoms with Crippen molar-refractivity contribution in [2.24, 2.45) is 0 Å². The number of fused-ring (bicyclic) bond motifs is 1. The van der Waals surface area contributed by atoms with Crippen LogP contribution >= 0.6 is 0 Å². The molecule has 0 radical (unpaired) electrons. The Kier molecular flexibility index (Phi) is 6.91. The molecule has 0 unspecified atom stereocenters. The van der Waals surface area contributed by atoms with Gasteiger partial charge in [-0.3, -0.25) is 14.4 Å². The van der Waals surface area contributed by atoms with Crippen LogP contribution in [0.1, 0.15) is 32.6 Å². The molecular weight excluding hydrogens is 454 g/mol. The topological polar surface area (TPSA) is 109 Å². The lowest BCUT2D eigenvalue weighted by molar-refractivity contribution is 0.0950. The van der Waals surface area contributed by atoms with Gasteiger partial charge in [-0.25, -0.2) is 9.78 Å². The van der Waals surface area contributed by atoms with Gasteiger partial charge in [0.1, 0.15) is 5.82 Å². The lowest BCUT2D eigenvalue weighted by Crippen LogP contribution is -2.36. The number of benzene rings is 2. The molecule has 36 heavy (non-hydrogen) atoms. The molecule has 0 saturated heterocycles. The average Bonchev–Trinajstić information content (AvgIpc) is 3.32. The summed E-state index contributed by atoms with van der Waals surface area (Å²) in [7, 11) is 5.18. The molecule has 186 valence electrons. The predicted octanol–water partition coefficient (Wildman–Crippen LogP) is 3.73. The van der Waals surface area contributed by atoms with Gasteiger partial charge in [-0.1, -0.05) is 12.1 Å². The highest BCUT2D eigenvalue weighted by Gasteiger charge is 2.14. The Morgan fingerprint density at radius 3 is 2.47 bits per heavy atom. The van der Waals surface area contributed by atoms with Crippen LogP contribution in [0.25, 0.3) is 10.8 Å². The maximum atomic E-state index is 12.8. The Morgan fingerprint density at radius 2 is 1.78 bits per heavy atom. The lowest BCUT2D eigenvalue weighted by Gasteiger charge is -2.22. The van der Waals surface area contributed by atoms with Gasteiger partial charge in [-0.15, -0.1) is 0 Å². The molecule has 9 nitrogen and oxygen atoms in total. The van der Waals surface area contributed by atoms with Crippen LogP contribution in [0, 0.1) is 13.8 Å². The standard InChI is InChI=1S/C27H31N7O2/c1-17-12-23-22(10-11-29-25(23)28)18(2)24(17)14-30-26(35)20-13-31-34(16-20)15-19-6-8-21(9-7-19)33(5)27(36)32(3)4/h6-13,16H,14-15H2,1-5H3,(H2,28,29)(H,30,35). The number of nitrogens with zero attached hydrogens (tertiary/aromatic N) is 5. The molecule has 2 aromatic heterocycles. The fourth-order valence-electron chi connectivity index (χ4n) is 4.26. The second-order valence-electron chi connectivity index (χ2n) is 9.10. The van der Waals surface area contributed by atoms with Crippen molar-refractivity contribution >= 4 is 34.2 Å². The van der Waals surface area contributed by atoms with Crippen LogP contribution in [0.15, 0.2) is 55.0 Å². The van der Waals surface area contributed by atoms with E-state index in [-0.39, 0.29) is 11.9 Å². The summed E-state index contributed by atoms with van der Waals surface area (Å²) in [6.07, 6.45) is 5.00. The monoisotopic (exact) mass is 485 g/mol. The van der Waals surface area contributed by atoms with E-state index in [1.165, 1.54) is 4.90 Å². The zero-order valence-corrected chi connectivity index (χ0v) is 21.2. The summed E-state index contributed by atoms with van der Waals surface area (Å²) in [6, 6.07) is 11.6. The highest BCUT2D eigenvalue weighted by molar-refractivity contribution is 5.95. The number of aromatic nitrogens is 3. The van der Waals surface area contributed by atoms with Crippen LogP contribution < -0.4 is 16.0 Å². The summed E-state index contributed by atoms with van der Waals surface area (Å²) in [5.41, 5.74) is 11.5. The number of hydrogen-bond acceptors (Lipinski definition) is 5. The number of amides is 3. The number of rotatable bonds is 6. The van der Waals surface area contributed by atoms with Crippen molar-refractivity contribution in [2.75, 3.05) is 31.8 Å². The first kappa shape index (κ1) is 24.7. The van der Waals surface area contributed by atoms with E-state index in [9.17, 15) is 9.59 Å². The molecule has 4 aromatic rings. The van der Waals surface area contributed by atoms with E-state index < -0.39 is 0 Å². The predicted molar refractivity (Wildman–Crippen MR) is 142 cm³/mol. The first-order valence-corrected chi connectivity index (χ1v) is 11.6. The molecule has 0 aliphatic rings. The number of nitrogens with one attached hydrogen (secondary N) is 1. The van der Waals surface area contributed by atoms with Gasteiger partial charge in [0.05, 0.1) is 18.3 Å². The first-order valence-electron chi connectivity index (χ1n) is 11.6. The van der Waals surface area contributed by atoms with Crippen LogP contribution in [0.5, 0.6) is 0 Å². The third-order valence-corrected chi connectivity index (χ3v) is 6.37. The molecule has 3 N–H and O–H groups in total. The minimum Gasteiger partial charge on any atom is -0.383 e. The Bertz CT molecular complexity index is 1420. The summed E-state index contributed by atoms with van der Waals surface area (Å²) in [5, 5.41) is 9.32. The van der Waals surface area contributed by atoms with Crippen LogP contribution in [-0.4, -0.2) is 52.7 Å². The number of pyridine rings is 1. The third-order valence-electron chi connectivity index (χ3n) is 6.37. The molecule has 2 aromatic carbocycles. The molecule has 0 aliphatic carbocycles. The SMILES string of the molecule is Cc1cc2c(N)nccc2c(C)c1CNC(=O)c1cnn(Cc2ccc(N(C)C(=O)N(C)C)cc2)c1. The Hall–Kier alpha value is -4.40. The minimum atomic E-state index is -0.187. The number of nitrogens with two attached hydrogens (primary N) is 1. The van der Waals surface area contributed by atoms with Gasteiger partial charge in [0.15, 0.2) is 0 Å². The molecule has 0 aliphatic heterocycles. The van der Waals surface area contributed by atoms with E-state index in [0.717, 1.165) is 38.7 Å². The second-order valence-corrected chi connectivity index (χ2v) is 9.10. The molecular formula is C27H31N7O2. The van der Waals surface area contributed by atoms with Crippen LogP contribution in [0.3, 0.4) is 0 Å². The summed E-state index contributed by atoms with van der Waals surface area (Å²) < 4.78 is 1.72. The number of anilines is 2. The van der Waals surface area contributed by atoms with Crippen molar-refractivity contribution in [2.45, 2.75) is 26.9 Å². The summed E-state index contributed by atoms with van der Waals surface area (Å²) in [5.74, 6) is 0.318. The Balaban J connectivity index is 1.41. The van der Waals surface area contributed by atoms with Crippen molar-refractivity contribution < 1.29 is 9.59 Å². The maximum Gasteiger partial charge on any atom is 0.323 e. The summed E-state index contributed by atoms with van der Waals surface area (Å²) >= 11 is 0. The van der Waals surface area contributed by atoms with Gasteiger partial charge in [0.25, 0.3) is 5.91 Å². The van der Waals surface area contributed by atoms with Crippen molar-refractivity contribution in [3.63, 3.8) is 0 Å². The van der Waals surface area contributed by atoms with Crippen molar-refractivity contribution in [3.05, 3.63) is 82.8 Å². The van der Waals surface area contributed by atoms with E-state index in [2.05, 4.69) is 15.4 Å². The summed E-state index contributed by atoms with van der Waals surface area (Å²) in [4.78, 5) is 32.2. The molecule has 0 fully saturated rings. The zero-order valence-electron chi connectivity index (χ0n) is 21.2. The average molecular weight is 486 g/mol. The molecule has 4 rings (SSSR count). The molecule has 0 spiro atoms. The highest BCUT2D eigenvalue weighted by Crippen LogP contribution is 2.28. The van der Waals surface area contributed by atoms with Crippen LogP contribution in [-0.2, 0) is 13.1 Å².